The molecule has 0 atom stereocenters. The van der Waals surface area contributed by atoms with Gasteiger partial charge in [0, 0.05) is 70.1 Å². The molecule has 0 aromatic rings. The molecule has 0 saturated carbocycles. The first-order valence-corrected chi connectivity index (χ1v) is 11.7. The van der Waals surface area contributed by atoms with E-state index >= 15 is 0 Å². The van der Waals surface area contributed by atoms with Crippen LogP contribution in [0.25, 0.3) is 0 Å². The van der Waals surface area contributed by atoms with E-state index in [2.05, 4.69) is 13.8 Å². The minimum atomic E-state index is -2.17. The summed E-state index contributed by atoms with van der Waals surface area (Å²) in [4.78, 5) is 29.3. The topological polar surface area (TPSA) is 173 Å². The van der Waals surface area contributed by atoms with Crippen molar-refractivity contribution < 1.29 is 95.1 Å². The third kappa shape index (κ3) is 108. The molecule has 0 saturated heterocycles. The normalized spacial score (nSPS) is 8.40. The number of carboxylic acid groups (broad SMARTS) is 3. The molecule has 0 aliphatic heterocycles. The van der Waals surface area contributed by atoms with Crippen LogP contribution in [-0.2, 0) is 64.7 Å². The van der Waals surface area contributed by atoms with E-state index in [0.717, 1.165) is 32.6 Å². The average Bonchev–Trinajstić information content (AvgIpc) is 2.66. The number of hydrogen-bond acceptors (Lipinski definition) is 6. The van der Waals surface area contributed by atoms with E-state index in [-0.39, 0.29) is 50.3 Å². The maximum absolute atomic E-state index is 10.1. The molecule has 3 radical (unpaired) electrons. The van der Waals surface area contributed by atoms with Gasteiger partial charge in [-0.3, -0.25) is 14.4 Å². The Morgan fingerprint density at radius 1 is 0.514 bits per heavy atom. The summed E-state index contributed by atoms with van der Waals surface area (Å²) in [5, 5.41) is 45.6. The number of rotatable bonds is 16. The van der Waals surface area contributed by atoms with Crippen molar-refractivity contribution in [3.05, 3.63) is 0 Å². The molecule has 9 nitrogen and oxygen atoms in total. The predicted octanol–water partition coefficient (Wildman–Crippen LogP) is 4.46. The van der Waals surface area contributed by atoms with Crippen LogP contribution in [0.15, 0.2) is 0 Å². The van der Waals surface area contributed by atoms with Crippen molar-refractivity contribution in [3.63, 3.8) is 0 Å². The smallest absolute Gasteiger partial charge is 0.481 e. The Balaban J connectivity index is -0.0000000644. The molecule has 0 aromatic carbocycles. The molecule has 0 aliphatic carbocycles. The van der Waals surface area contributed by atoms with Crippen LogP contribution in [0.4, 0.5) is 0 Å². The van der Waals surface area contributed by atoms with Gasteiger partial charge in [-0.2, -0.15) is 0 Å². The van der Waals surface area contributed by atoms with E-state index in [4.69, 9.17) is 35.2 Å². The molecule has 0 amide bonds. The molecular weight excluding hydrogens is 596 g/mol. The van der Waals surface area contributed by atoms with Gasteiger partial charge in [-0.05, 0) is 12.8 Å². The van der Waals surface area contributed by atoms with Crippen LogP contribution < -0.4 is 0 Å². The minimum Gasteiger partial charge on any atom is -0.481 e. The minimum absolute atomic E-state index is 0. The van der Waals surface area contributed by atoms with Crippen molar-refractivity contribution >= 4 is 25.2 Å². The second kappa shape index (κ2) is 47.1. The van der Waals surface area contributed by atoms with Gasteiger partial charge in [-0.25, -0.2) is 0 Å². The van der Waals surface area contributed by atoms with Gasteiger partial charge in [-0.1, -0.05) is 90.9 Å². The van der Waals surface area contributed by atoms with Crippen LogP contribution in [0.5, 0.6) is 0 Å². The molecule has 0 unspecified atom stereocenters. The van der Waals surface area contributed by atoms with Gasteiger partial charge in [0.25, 0.3) is 5.97 Å². The van der Waals surface area contributed by atoms with Gasteiger partial charge < -0.3 is 30.4 Å². The molecule has 0 fully saturated rings. The van der Waals surface area contributed by atoms with E-state index in [1.165, 1.54) is 64.2 Å². The molecule has 0 rings (SSSR count). The maximum atomic E-state index is 10.1. The largest absolute Gasteiger partial charge is 0.631 e. The quantitative estimate of drug-likeness (QED) is 0.105. The number of aliphatic carboxylic acids is 3. The van der Waals surface area contributed by atoms with Crippen LogP contribution in [0.1, 0.15) is 124 Å². The fraction of sp³-hybridized carbons (Fsp3) is 0.864. The van der Waals surface area contributed by atoms with Crippen LogP contribution in [0.2, 0.25) is 0 Å². The summed E-state index contributed by atoms with van der Waals surface area (Å²) in [7, 11) is -2.17. The average molecular weight is 643 g/mol. The zero-order valence-corrected chi connectivity index (χ0v) is 24.4. The molecular formula is C22H47BCo3O9. The summed E-state index contributed by atoms with van der Waals surface area (Å²) in [6, 6.07) is 0. The molecule has 0 heterocycles. The SMILES string of the molecule is CC(=O)O.CCCCCCCCCC(=O)O.CCCCCCCCCC(=O)O.OB(O)O.[Co].[Co].[Co]. The van der Waals surface area contributed by atoms with E-state index in [0.29, 0.717) is 12.8 Å². The third-order valence-corrected chi connectivity index (χ3v) is 3.99. The fourth-order valence-corrected chi connectivity index (χ4v) is 2.47. The molecule has 0 bridgehead atoms. The van der Waals surface area contributed by atoms with Gasteiger partial charge >= 0.3 is 19.3 Å². The second-order valence-electron chi connectivity index (χ2n) is 7.40. The molecule has 35 heavy (non-hydrogen) atoms. The van der Waals surface area contributed by atoms with Crippen molar-refractivity contribution in [2.24, 2.45) is 0 Å². The van der Waals surface area contributed by atoms with E-state index in [1.54, 1.807) is 0 Å². The number of carboxylic acids is 3. The molecule has 219 valence electrons. The van der Waals surface area contributed by atoms with Crippen LogP contribution in [0, 0.1) is 0 Å². The Kier molecular flexibility index (Phi) is 69.3. The second-order valence-corrected chi connectivity index (χ2v) is 7.40. The molecule has 0 spiro atoms. The van der Waals surface area contributed by atoms with Crippen molar-refractivity contribution in [3.8, 4) is 0 Å². The van der Waals surface area contributed by atoms with Crippen molar-refractivity contribution in [1.82, 2.24) is 0 Å². The van der Waals surface area contributed by atoms with Gasteiger partial charge in [0.2, 0.25) is 0 Å². The van der Waals surface area contributed by atoms with Crippen LogP contribution in [0.3, 0.4) is 0 Å². The molecule has 13 heteroatoms. The summed E-state index contributed by atoms with van der Waals surface area (Å²) in [6.07, 6.45) is 17.3. The zero-order valence-electron chi connectivity index (χ0n) is 21.3. The standard InChI is InChI=1S/2C10H20O2.C2H4O2.BH3O3.3Co/c2*1-2-3-4-5-6-7-8-9-10(11)12;1-2(3)4;2-1(3)4;;;/h2*2-9H2,1H3,(H,11,12);1H3,(H,3,4);2-4H;;;. The zero-order chi connectivity index (χ0) is 25.6. The summed E-state index contributed by atoms with van der Waals surface area (Å²) in [6.45, 7) is 5.48. The van der Waals surface area contributed by atoms with E-state index < -0.39 is 25.2 Å². The van der Waals surface area contributed by atoms with Gasteiger partial charge in [-0.15, -0.1) is 0 Å². The summed E-state index contributed by atoms with van der Waals surface area (Å²) in [5.41, 5.74) is 0. The molecule has 0 aliphatic rings. The first-order chi connectivity index (χ1) is 15.0. The van der Waals surface area contributed by atoms with Crippen molar-refractivity contribution in [2.75, 3.05) is 0 Å². The van der Waals surface area contributed by atoms with Crippen LogP contribution >= 0.6 is 0 Å². The molecule has 6 N–H and O–H groups in total. The van der Waals surface area contributed by atoms with Crippen LogP contribution in [-0.4, -0.2) is 55.6 Å². The van der Waals surface area contributed by atoms with Gasteiger partial charge in [0.05, 0.1) is 0 Å². The predicted molar refractivity (Wildman–Crippen MR) is 126 cm³/mol. The Hall–Kier alpha value is -0.126. The van der Waals surface area contributed by atoms with Gasteiger partial charge in [0.15, 0.2) is 0 Å². The van der Waals surface area contributed by atoms with Crippen molar-refractivity contribution in [2.45, 2.75) is 124 Å². The van der Waals surface area contributed by atoms with Crippen molar-refractivity contribution in [1.29, 1.82) is 0 Å². The Morgan fingerprint density at radius 3 is 0.857 bits per heavy atom. The number of unbranched alkanes of at least 4 members (excludes halogenated alkanes) is 12. The monoisotopic (exact) mass is 643 g/mol. The summed E-state index contributed by atoms with van der Waals surface area (Å²) >= 11 is 0. The first-order valence-electron chi connectivity index (χ1n) is 11.7. The summed E-state index contributed by atoms with van der Waals surface area (Å²) in [5.74, 6) is -2.16. The Morgan fingerprint density at radius 2 is 0.686 bits per heavy atom. The van der Waals surface area contributed by atoms with E-state index in [1.807, 2.05) is 0 Å². The Bertz CT molecular complexity index is 385. The molecule has 0 aromatic heterocycles. The van der Waals surface area contributed by atoms with Gasteiger partial charge in [0.1, 0.15) is 0 Å². The Labute approximate surface area is 243 Å². The maximum Gasteiger partial charge on any atom is 0.631 e. The van der Waals surface area contributed by atoms with E-state index in [9.17, 15) is 9.59 Å². The fourth-order valence-electron chi connectivity index (χ4n) is 2.47. The third-order valence-electron chi connectivity index (χ3n) is 3.99. The number of hydrogen-bond donors (Lipinski definition) is 6. The first kappa shape index (κ1) is 51.5. The number of carbonyl (C=O) groups is 3. The summed E-state index contributed by atoms with van der Waals surface area (Å²) < 4.78 is 0.